The molecule has 0 unspecified atom stereocenters. The number of rotatable bonds is 9. The highest BCUT2D eigenvalue weighted by Gasteiger charge is 2.10. The number of para-hydroxylation sites is 2. The lowest BCUT2D eigenvalue weighted by Gasteiger charge is -2.08. The van der Waals surface area contributed by atoms with Gasteiger partial charge in [-0.1, -0.05) is 48.4 Å². The van der Waals surface area contributed by atoms with Gasteiger partial charge >= 0.3 is 0 Å². The van der Waals surface area contributed by atoms with Crippen molar-refractivity contribution in [1.29, 1.82) is 0 Å². The molecule has 0 aliphatic heterocycles. The number of halogens is 1. The molecule has 0 saturated carbocycles. The maximum atomic E-state index is 12.1. The van der Waals surface area contributed by atoms with Crippen LogP contribution in [0.15, 0.2) is 61.2 Å². The fourth-order valence-corrected chi connectivity index (χ4v) is 3.40. The van der Waals surface area contributed by atoms with Crippen molar-refractivity contribution in [3.05, 3.63) is 77.6 Å². The van der Waals surface area contributed by atoms with Crippen molar-refractivity contribution in [2.75, 3.05) is 6.54 Å². The molecule has 1 aromatic heterocycles. The van der Waals surface area contributed by atoms with E-state index in [9.17, 15) is 4.79 Å². The van der Waals surface area contributed by atoms with E-state index in [4.69, 9.17) is 16.6 Å². The SMILES string of the molecule is C=CCn1c(CCCCCNC(=O)c2ccccc2Cl)nc2ccccc21. The molecule has 0 fully saturated rings. The van der Waals surface area contributed by atoms with Gasteiger partial charge in [0.25, 0.3) is 5.91 Å². The van der Waals surface area contributed by atoms with Crippen LogP contribution in [0.2, 0.25) is 5.02 Å². The molecule has 2 aromatic carbocycles. The molecule has 0 radical (unpaired) electrons. The zero-order chi connectivity index (χ0) is 19.1. The van der Waals surface area contributed by atoms with Crippen LogP contribution >= 0.6 is 11.6 Å². The van der Waals surface area contributed by atoms with Crippen molar-refractivity contribution < 1.29 is 4.79 Å². The summed E-state index contributed by atoms with van der Waals surface area (Å²) in [5.74, 6) is 0.976. The average Bonchev–Trinajstić information content (AvgIpc) is 3.03. The van der Waals surface area contributed by atoms with Crippen molar-refractivity contribution >= 4 is 28.5 Å². The van der Waals surface area contributed by atoms with E-state index in [1.807, 2.05) is 36.4 Å². The van der Waals surface area contributed by atoms with Gasteiger partial charge in [0, 0.05) is 19.5 Å². The van der Waals surface area contributed by atoms with E-state index in [1.165, 1.54) is 0 Å². The summed E-state index contributed by atoms with van der Waals surface area (Å²) in [6, 6.07) is 15.3. The predicted molar refractivity (Wildman–Crippen MR) is 111 cm³/mol. The van der Waals surface area contributed by atoms with E-state index < -0.39 is 0 Å². The maximum Gasteiger partial charge on any atom is 0.252 e. The smallest absolute Gasteiger partial charge is 0.252 e. The first-order chi connectivity index (χ1) is 13.2. The summed E-state index contributed by atoms with van der Waals surface area (Å²) < 4.78 is 2.22. The van der Waals surface area contributed by atoms with Gasteiger partial charge in [0.05, 0.1) is 21.6 Å². The molecule has 0 saturated heterocycles. The quantitative estimate of drug-likeness (QED) is 0.418. The Kier molecular flexibility index (Phi) is 6.66. The lowest BCUT2D eigenvalue weighted by atomic mass is 10.1. The zero-order valence-corrected chi connectivity index (χ0v) is 16.1. The van der Waals surface area contributed by atoms with Crippen LogP contribution < -0.4 is 5.32 Å². The molecule has 0 atom stereocenters. The number of fused-ring (bicyclic) bond motifs is 1. The van der Waals surface area contributed by atoms with E-state index >= 15 is 0 Å². The molecular weight excluding hydrogens is 358 g/mol. The van der Waals surface area contributed by atoms with Crippen LogP contribution in [0.4, 0.5) is 0 Å². The van der Waals surface area contributed by atoms with Crippen molar-refractivity contribution in [2.24, 2.45) is 0 Å². The number of hydrogen-bond donors (Lipinski definition) is 1. The first kappa shape index (κ1) is 19.2. The molecule has 3 aromatic rings. The third kappa shape index (κ3) is 4.77. The number of amides is 1. The summed E-state index contributed by atoms with van der Waals surface area (Å²) in [4.78, 5) is 16.9. The van der Waals surface area contributed by atoms with Crippen LogP contribution in [0.5, 0.6) is 0 Å². The molecule has 0 aliphatic rings. The van der Waals surface area contributed by atoms with E-state index in [-0.39, 0.29) is 5.91 Å². The predicted octanol–water partition coefficient (Wildman–Crippen LogP) is 5.02. The van der Waals surface area contributed by atoms with Gasteiger partial charge in [0.15, 0.2) is 0 Å². The summed E-state index contributed by atoms with van der Waals surface area (Å²) in [5, 5.41) is 3.42. The van der Waals surface area contributed by atoms with Crippen LogP contribution in [-0.4, -0.2) is 22.0 Å². The second-order valence-corrected chi connectivity index (χ2v) is 6.87. The molecule has 4 nitrogen and oxygen atoms in total. The molecule has 3 rings (SSSR count). The van der Waals surface area contributed by atoms with Gasteiger partial charge in [-0.15, -0.1) is 6.58 Å². The molecule has 1 heterocycles. The third-order valence-corrected chi connectivity index (χ3v) is 4.86. The monoisotopic (exact) mass is 381 g/mol. The number of carbonyl (C=O) groups is 1. The van der Waals surface area contributed by atoms with Crippen LogP contribution in [0.3, 0.4) is 0 Å². The zero-order valence-electron chi connectivity index (χ0n) is 15.3. The first-order valence-electron chi connectivity index (χ1n) is 9.28. The summed E-state index contributed by atoms with van der Waals surface area (Å²) >= 11 is 6.05. The van der Waals surface area contributed by atoms with Crippen LogP contribution in [0, 0.1) is 0 Å². The van der Waals surface area contributed by atoms with Gasteiger partial charge < -0.3 is 9.88 Å². The van der Waals surface area contributed by atoms with E-state index in [0.717, 1.165) is 49.1 Å². The van der Waals surface area contributed by atoms with Gasteiger partial charge in [-0.2, -0.15) is 0 Å². The molecule has 140 valence electrons. The number of allylic oxidation sites excluding steroid dienone is 1. The average molecular weight is 382 g/mol. The minimum atomic E-state index is -0.117. The van der Waals surface area contributed by atoms with Crippen LogP contribution in [-0.2, 0) is 13.0 Å². The molecular formula is C22H24ClN3O. The lowest BCUT2D eigenvalue weighted by molar-refractivity contribution is 0.0953. The summed E-state index contributed by atoms with van der Waals surface area (Å²) in [7, 11) is 0. The van der Waals surface area contributed by atoms with Crippen molar-refractivity contribution in [2.45, 2.75) is 32.2 Å². The second kappa shape index (κ2) is 9.38. The number of unbranched alkanes of at least 4 members (excludes halogenated alkanes) is 2. The van der Waals surface area contributed by atoms with Crippen LogP contribution in [0.25, 0.3) is 11.0 Å². The number of imidazole rings is 1. The molecule has 0 aliphatic carbocycles. The number of aryl methyl sites for hydroxylation is 1. The third-order valence-electron chi connectivity index (χ3n) is 4.53. The molecule has 0 spiro atoms. The Morgan fingerprint density at radius 2 is 1.89 bits per heavy atom. The summed E-state index contributed by atoms with van der Waals surface area (Å²) in [6.45, 7) is 5.27. The Morgan fingerprint density at radius 1 is 1.11 bits per heavy atom. The second-order valence-electron chi connectivity index (χ2n) is 6.46. The van der Waals surface area contributed by atoms with Gasteiger partial charge in [0.1, 0.15) is 5.82 Å². The number of carbonyl (C=O) groups excluding carboxylic acids is 1. The van der Waals surface area contributed by atoms with Gasteiger partial charge in [-0.05, 0) is 37.1 Å². The molecule has 0 bridgehead atoms. The Labute approximate surface area is 164 Å². The Balaban J connectivity index is 1.46. The number of nitrogens with zero attached hydrogens (tertiary/aromatic N) is 2. The van der Waals surface area contributed by atoms with Crippen LogP contribution in [0.1, 0.15) is 35.4 Å². The Bertz CT molecular complexity index is 932. The van der Waals surface area contributed by atoms with E-state index in [2.05, 4.69) is 22.5 Å². The number of benzene rings is 2. The topological polar surface area (TPSA) is 46.9 Å². The van der Waals surface area contributed by atoms with Crippen molar-refractivity contribution in [1.82, 2.24) is 14.9 Å². The fraction of sp³-hybridized carbons (Fsp3) is 0.273. The molecule has 1 N–H and O–H groups in total. The normalized spacial score (nSPS) is 10.9. The number of aromatic nitrogens is 2. The lowest BCUT2D eigenvalue weighted by Crippen LogP contribution is -2.24. The molecule has 27 heavy (non-hydrogen) atoms. The largest absolute Gasteiger partial charge is 0.352 e. The summed E-state index contributed by atoms with van der Waals surface area (Å²) in [5.41, 5.74) is 2.71. The van der Waals surface area contributed by atoms with Crippen molar-refractivity contribution in [3.63, 3.8) is 0 Å². The first-order valence-corrected chi connectivity index (χ1v) is 9.66. The highest BCUT2D eigenvalue weighted by atomic mass is 35.5. The standard InChI is InChI=1S/C22H24ClN3O/c1-2-16-26-20-13-8-7-12-19(20)25-21(26)14-4-3-9-15-24-22(27)17-10-5-6-11-18(17)23/h2,5-8,10-13H,1,3-4,9,14-16H2,(H,24,27). The van der Waals surface area contributed by atoms with Gasteiger partial charge in [-0.25, -0.2) is 4.98 Å². The molecule has 1 amide bonds. The van der Waals surface area contributed by atoms with Gasteiger partial charge in [-0.3, -0.25) is 4.79 Å². The van der Waals surface area contributed by atoms with Gasteiger partial charge in [0.2, 0.25) is 0 Å². The molecule has 5 heteroatoms. The van der Waals surface area contributed by atoms with E-state index in [1.54, 1.807) is 12.1 Å². The highest BCUT2D eigenvalue weighted by molar-refractivity contribution is 6.33. The summed E-state index contributed by atoms with van der Waals surface area (Å²) in [6.07, 6.45) is 5.81. The minimum Gasteiger partial charge on any atom is -0.352 e. The van der Waals surface area contributed by atoms with E-state index in [0.29, 0.717) is 17.1 Å². The number of hydrogen-bond acceptors (Lipinski definition) is 2. The highest BCUT2D eigenvalue weighted by Crippen LogP contribution is 2.18. The Morgan fingerprint density at radius 3 is 2.70 bits per heavy atom. The fourth-order valence-electron chi connectivity index (χ4n) is 3.18. The Hall–Kier alpha value is -2.59. The minimum absolute atomic E-state index is 0.117. The number of nitrogens with one attached hydrogen (secondary N) is 1. The maximum absolute atomic E-state index is 12.1. The van der Waals surface area contributed by atoms with Crippen molar-refractivity contribution in [3.8, 4) is 0 Å².